The molecule has 4 nitrogen and oxygen atoms in total. The smallest absolute Gasteiger partial charge is 0.215 e. The van der Waals surface area contributed by atoms with Crippen molar-refractivity contribution in [2.75, 3.05) is 5.75 Å². The Labute approximate surface area is 79.7 Å². The van der Waals surface area contributed by atoms with Crippen molar-refractivity contribution in [1.82, 2.24) is 4.72 Å². The van der Waals surface area contributed by atoms with Gasteiger partial charge < -0.3 is 5.11 Å². The van der Waals surface area contributed by atoms with Gasteiger partial charge >= 0.3 is 0 Å². The fraction of sp³-hybridized carbons (Fsp3) is 0.750. The molecule has 0 radical (unpaired) electrons. The second-order valence-corrected chi connectivity index (χ2v) is 5.34. The van der Waals surface area contributed by atoms with Gasteiger partial charge in [0, 0.05) is 0 Å². The molecule has 2 N–H and O–H groups in total. The summed E-state index contributed by atoms with van der Waals surface area (Å²) in [5, 5.41) is 9.26. The molecule has 0 fully saturated rings. The van der Waals surface area contributed by atoms with Crippen LogP contribution in [0.15, 0.2) is 12.7 Å². The van der Waals surface area contributed by atoms with Crippen molar-refractivity contribution in [1.29, 1.82) is 0 Å². The van der Waals surface area contributed by atoms with E-state index in [2.05, 4.69) is 11.3 Å². The maximum absolute atomic E-state index is 11.3. The van der Waals surface area contributed by atoms with Crippen LogP contribution in [0.5, 0.6) is 0 Å². The lowest BCUT2D eigenvalue weighted by atomic mass is 10.0. The van der Waals surface area contributed by atoms with Gasteiger partial charge in [0.25, 0.3) is 0 Å². The lowest BCUT2D eigenvalue weighted by Crippen LogP contribution is -2.51. The largest absolute Gasteiger partial charge is 0.391 e. The fourth-order valence-corrected chi connectivity index (χ4v) is 2.05. The first-order chi connectivity index (χ1) is 5.71. The lowest BCUT2D eigenvalue weighted by molar-refractivity contribution is 0.112. The van der Waals surface area contributed by atoms with Gasteiger partial charge in [-0.1, -0.05) is 6.08 Å². The van der Waals surface area contributed by atoms with Crippen molar-refractivity contribution in [3.05, 3.63) is 12.7 Å². The van der Waals surface area contributed by atoms with Gasteiger partial charge in [0.15, 0.2) is 0 Å². The van der Waals surface area contributed by atoms with Crippen molar-refractivity contribution < 1.29 is 13.5 Å². The van der Waals surface area contributed by atoms with Crippen LogP contribution in [-0.2, 0) is 10.0 Å². The van der Waals surface area contributed by atoms with Gasteiger partial charge in [0.1, 0.15) is 0 Å². The third-order valence-corrected chi connectivity index (χ3v) is 3.31. The van der Waals surface area contributed by atoms with Crippen molar-refractivity contribution in [3.63, 3.8) is 0 Å². The summed E-state index contributed by atoms with van der Waals surface area (Å²) in [6.45, 7) is 8.12. The molecule has 78 valence electrons. The van der Waals surface area contributed by atoms with Gasteiger partial charge in [-0.15, -0.1) is 6.58 Å². The van der Waals surface area contributed by atoms with Crippen molar-refractivity contribution in [2.24, 2.45) is 0 Å². The summed E-state index contributed by atoms with van der Waals surface area (Å²) in [7, 11) is -3.36. The summed E-state index contributed by atoms with van der Waals surface area (Å²) in [5.41, 5.74) is -0.845. The Hall–Kier alpha value is -0.390. The average molecular weight is 207 g/mol. The lowest BCUT2D eigenvalue weighted by Gasteiger charge is -2.28. The molecule has 0 aromatic carbocycles. The van der Waals surface area contributed by atoms with E-state index in [0.29, 0.717) is 0 Å². The number of hydrogen-bond donors (Lipinski definition) is 2. The highest BCUT2D eigenvalue weighted by atomic mass is 32.2. The monoisotopic (exact) mass is 207 g/mol. The van der Waals surface area contributed by atoms with E-state index in [0.717, 1.165) is 0 Å². The van der Waals surface area contributed by atoms with Crippen LogP contribution >= 0.6 is 0 Å². The second-order valence-electron chi connectivity index (χ2n) is 3.57. The van der Waals surface area contributed by atoms with Crippen molar-refractivity contribution in [3.8, 4) is 0 Å². The predicted octanol–water partition coefficient (Wildman–Crippen LogP) is 0.251. The molecule has 0 saturated carbocycles. The number of aliphatic hydroxyl groups excluding tert-OH is 1. The zero-order valence-electron chi connectivity index (χ0n) is 8.24. The van der Waals surface area contributed by atoms with Crippen LogP contribution in [0.4, 0.5) is 0 Å². The maximum Gasteiger partial charge on any atom is 0.215 e. The third-order valence-electron chi connectivity index (χ3n) is 1.80. The quantitative estimate of drug-likeness (QED) is 0.635. The minimum atomic E-state index is -3.36. The normalized spacial score (nSPS) is 15.4. The minimum absolute atomic E-state index is 0.136. The summed E-state index contributed by atoms with van der Waals surface area (Å²) in [5.74, 6) is -0.136. The summed E-state index contributed by atoms with van der Waals surface area (Å²) in [6.07, 6.45) is 0.563. The molecule has 0 saturated heterocycles. The zero-order chi connectivity index (χ0) is 10.7. The molecule has 0 amide bonds. The average Bonchev–Trinajstić information content (AvgIpc) is 1.83. The Bertz CT molecular complexity index is 267. The maximum atomic E-state index is 11.3. The van der Waals surface area contributed by atoms with Crippen LogP contribution in [0.25, 0.3) is 0 Å². The summed E-state index contributed by atoms with van der Waals surface area (Å²) >= 11 is 0. The molecular formula is C8H17NO3S. The van der Waals surface area contributed by atoms with Crippen LogP contribution in [0, 0.1) is 0 Å². The van der Waals surface area contributed by atoms with Crippen molar-refractivity contribution in [2.45, 2.75) is 32.4 Å². The van der Waals surface area contributed by atoms with Gasteiger partial charge in [0.05, 0.1) is 17.4 Å². The summed E-state index contributed by atoms with van der Waals surface area (Å²) in [6, 6.07) is 0. The van der Waals surface area contributed by atoms with Crippen molar-refractivity contribution >= 4 is 10.0 Å². The summed E-state index contributed by atoms with van der Waals surface area (Å²) in [4.78, 5) is 0. The van der Waals surface area contributed by atoms with Crippen LogP contribution < -0.4 is 4.72 Å². The molecule has 0 bridgehead atoms. The molecule has 1 unspecified atom stereocenters. The Morgan fingerprint density at radius 3 is 2.38 bits per heavy atom. The molecule has 5 heteroatoms. The Morgan fingerprint density at radius 1 is 1.62 bits per heavy atom. The molecule has 0 spiro atoms. The highest BCUT2D eigenvalue weighted by Gasteiger charge is 2.28. The topological polar surface area (TPSA) is 66.4 Å². The van der Waals surface area contributed by atoms with E-state index < -0.39 is 21.7 Å². The zero-order valence-corrected chi connectivity index (χ0v) is 9.06. The van der Waals surface area contributed by atoms with Gasteiger partial charge in [-0.2, -0.15) is 0 Å². The number of rotatable bonds is 5. The minimum Gasteiger partial charge on any atom is -0.391 e. The molecule has 0 aliphatic rings. The number of aliphatic hydroxyl groups is 1. The standard InChI is InChI=1S/C8H17NO3S/c1-5-6-13(11,12)9-8(3,4)7(2)10/h5,7,9-10H,1,6H2,2-4H3. The molecule has 0 aromatic heterocycles. The highest BCUT2D eigenvalue weighted by molar-refractivity contribution is 7.89. The third kappa shape index (κ3) is 4.40. The molecular weight excluding hydrogens is 190 g/mol. The van der Waals surface area contributed by atoms with Gasteiger partial charge in [-0.25, -0.2) is 13.1 Å². The Morgan fingerprint density at radius 2 is 2.08 bits per heavy atom. The van der Waals surface area contributed by atoms with E-state index in [9.17, 15) is 13.5 Å². The van der Waals surface area contributed by atoms with E-state index in [1.807, 2.05) is 0 Å². The second kappa shape index (κ2) is 4.21. The SMILES string of the molecule is C=CCS(=O)(=O)NC(C)(C)C(C)O. The van der Waals surface area contributed by atoms with Crippen LogP contribution in [0.2, 0.25) is 0 Å². The fourth-order valence-electron chi connectivity index (χ4n) is 0.683. The van der Waals surface area contributed by atoms with E-state index in [1.165, 1.54) is 13.0 Å². The van der Waals surface area contributed by atoms with Crippen LogP contribution in [0.3, 0.4) is 0 Å². The van der Waals surface area contributed by atoms with E-state index in [-0.39, 0.29) is 5.75 Å². The molecule has 0 aliphatic carbocycles. The first-order valence-electron chi connectivity index (χ1n) is 4.02. The van der Waals surface area contributed by atoms with E-state index in [1.54, 1.807) is 13.8 Å². The number of hydrogen-bond acceptors (Lipinski definition) is 3. The molecule has 0 aliphatic heterocycles. The first kappa shape index (κ1) is 12.6. The van der Waals surface area contributed by atoms with Crippen LogP contribution in [0.1, 0.15) is 20.8 Å². The van der Waals surface area contributed by atoms with E-state index >= 15 is 0 Å². The predicted molar refractivity (Wildman–Crippen MR) is 52.9 cm³/mol. The van der Waals surface area contributed by atoms with E-state index in [4.69, 9.17) is 0 Å². The first-order valence-corrected chi connectivity index (χ1v) is 5.67. The summed E-state index contributed by atoms with van der Waals surface area (Å²) < 4.78 is 24.9. The van der Waals surface area contributed by atoms with Crippen LogP contribution in [-0.4, -0.2) is 30.9 Å². The van der Waals surface area contributed by atoms with Gasteiger partial charge in [-0.3, -0.25) is 0 Å². The Balaban J connectivity index is 4.52. The van der Waals surface area contributed by atoms with Gasteiger partial charge in [-0.05, 0) is 20.8 Å². The Kier molecular flexibility index (Phi) is 4.09. The number of nitrogens with one attached hydrogen (secondary N) is 1. The van der Waals surface area contributed by atoms with Gasteiger partial charge in [0.2, 0.25) is 10.0 Å². The molecule has 0 rings (SSSR count). The highest BCUT2D eigenvalue weighted by Crippen LogP contribution is 2.10. The molecule has 0 heterocycles. The molecule has 1 atom stereocenters. The molecule has 0 aromatic rings. The molecule has 13 heavy (non-hydrogen) atoms. The number of sulfonamides is 1.